The van der Waals surface area contributed by atoms with E-state index in [0.717, 1.165) is 58.7 Å². The first-order chi connectivity index (χ1) is 18.9. The third kappa shape index (κ3) is 5.69. The summed E-state index contributed by atoms with van der Waals surface area (Å²) in [6.07, 6.45) is 4.34. The molecule has 0 saturated heterocycles. The van der Waals surface area contributed by atoms with Gasteiger partial charge in [0.25, 0.3) is 0 Å². The number of aromatic nitrogens is 3. The zero-order chi connectivity index (χ0) is 27.5. The maximum atomic E-state index is 13.1. The SMILES string of the molecule is CCCn1c(SCC(=O)Nc2sc(C)c(-c3ccccc3)c2C(=O)OC)nnc1-c1csc2c1CCC(C)C2. The summed E-state index contributed by atoms with van der Waals surface area (Å²) in [5.74, 6) is 1.08. The number of benzene rings is 1. The first kappa shape index (κ1) is 27.6. The molecule has 0 fully saturated rings. The Morgan fingerprint density at radius 3 is 2.77 bits per heavy atom. The van der Waals surface area contributed by atoms with Crippen molar-refractivity contribution < 1.29 is 14.3 Å². The molecule has 0 spiro atoms. The van der Waals surface area contributed by atoms with Gasteiger partial charge in [0.15, 0.2) is 11.0 Å². The predicted molar refractivity (Wildman–Crippen MR) is 160 cm³/mol. The van der Waals surface area contributed by atoms with Gasteiger partial charge in [0.2, 0.25) is 5.91 Å². The molecule has 7 nitrogen and oxygen atoms in total. The number of ether oxygens (including phenoxy) is 1. The summed E-state index contributed by atoms with van der Waals surface area (Å²) in [6, 6.07) is 9.68. The predicted octanol–water partition coefficient (Wildman–Crippen LogP) is 7.10. The molecule has 204 valence electrons. The number of methoxy groups -OCH3 is 1. The van der Waals surface area contributed by atoms with Crippen LogP contribution in [0.5, 0.6) is 0 Å². The van der Waals surface area contributed by atoms with Crippen LogP contribution in [0.2, 0.25) is 0 Å². The van der Waals surface area contributed by atoms with Crippen LogP contribution in [0.1, 0.15) is 52.4 Å². The van der Waals surface area contributed by atoms with Gasteiger partial charge in [-0.2, -0.15) is 0 Å². The van der Waals surface area contributed by atoms with Crippen LogP contribution in [0.25, 0.3) is 22.5 Å². The molecule has 0 bridgehead atoms. The highest BCUT2D eigenvalue weighted by Gasteiger charge is 2.27. The fourth-order valence-corrected chi connectivity index (χ4v) is 8.15. The Hall–Kier alpha value is -2.95. The van der Waals surface area contributed by atoms with E-state index >= 15 is 0 Å². The van der Waals surface area contributed by atoms with Gasteiger partial charge in [0.1, 0.15) is 10.6 Å². The third-order valence-electron chi connectivity index (χ3n) is 6.93. The molecule has 1 aromatic carbocycles. The van der Waals surface area contributed by atoms with E-state index in [2.05, 4.69) is 39.3 Å². The number of anilines is 1. The Labute approximate surface area is 241 Å². The number of nitrogens with one attached hydrogen (secondary N) is 1. The minimum Gasteiger partial charge on any atom is -0.465 e. The number of aryl methyl sites for hydroxylation is 1. The summed E-state index contributed by atoms with van der Waals surface area (Å²) in [4.78, 5) is 28.3. The number of carbonyl (C=O) groups is 2. The average molecular weight is 581 g/mol. The Bertz CT molecular complexity index is 1490. The highest BCUT2D eigenvalue weighted by Crippen LogP contribution is 2.41. The van der Waals surface area contributed by atoms with Crippen LogP contribution in [0.4, 0.5) is 5.00 Å². The smallest absolute Gasteiger partial charge is 0.341 e. The van der Waals surface area contributed by atoms with Crippen molar-refractivity contribution in [2.45, 2.75) is 58.2 Å². The van der Waals surface area contributed by atoms with Crippen LogP contribution in [0.15, 0.2) is 40.9 Å². The molecule has 0 radical (unpaired) electrons. The van der Waals surface area contributed by atoms with Crippen molar-refractivity contribution in [2.75, 3.05) is 18.2 Å². The monoisotopic (exact) mass is 580 g/mol. The zero-order valence-electron chi connectivity index (χ0n) is 22.6. The maximum absolute atomic E-state index is 13.1. The van der Waals surface area contributed by atoms with E-state index in [0.29, 0.717) is 10.6 Å². The van der Waals surface area contributed by atoms with E-state index in [-0.39, 0.29) is 11.7 Å². The summed E-state index contributed by atoms with van der Waals surface area (Å²) in [5.41, 5.74) is 4.68. The second-order valence-corrected chi connectivity index (χ2v) is 12.9. The first-order valence-corrected chi connectivity index (χ1v) is 15.8. The zero-order valence-corrected chi connectivity index (χ0v) is 25.0. The number of esters is 1. The third-order valence-corrected chi connectivity index (χ3v) is 9.97. The van der Waals surface area contributed by atoms with Crippen molar-refractivity contribution in [2.24, 2.45) is 5.92 Å². The van der Waals surface area contributed by atoms with Crippen LogP contribution >= 0.6 is 34.4 Å². The number of hydrogen-bond donors (Lipinski definition) is 1. The quantitative estimate of drug-likeness (QED) is 0.168. The van der Waals surface area contributed by atoms with Gasteiger partial charge in [-0.25, -0.2) is 4.79 Å². The lowest BCUT2D eigenvalue weighted by Crippen LogP contribution is -2.16. The summed E-state index contributed by atoms with van der Waals surface area (Å²) < 4.78 is 7.22. The van der Waals surface area contributed by atoms with E-state index in [4.69, 9.17) is 4.74 Å². The van der Waals surface area contributed by atoms with Crippen LogP contribution in [0, 0.1) is 12.8 Å². The largest absolute Gasteiger partial charge is 0.465 e. The van der Waals surface area contributed by atoms with Crippen LogP contribution < -0.4 is 5.32 Å². The van der Waals surface area contributed by atoms with E-state index < -0.39 is 5.97 Å². The van der Waals surface area contributed by atoms with Crippen LogP contribution in [-0.4, -0.2) is 39.5 Å². The van der Waals surface area contributed by atoms with Crippen molar-refractivity contribution in [3.63, 3.8) is 0 Å². The van der Waals surface area contributed by atoms with Crippen molar-refractivity contribution >= 4 is 51.3 Å². The molecule has 10 heteroatoms. The number of carbonyl (C=O) groups excluding carboxylic acids is 2. The molecule has 0 aliphatic heterocycles. The second-order valence-electron chi connectivity index (χ2n) is 9.79. The highest BCUT2D eigenvalue weighted by molar-refractivity contribution is 7.99. The number of rotatable bonds is 9. The van der Waals surface area contributed by atoms with Gasteiger partial charge >= 0.3 is 5.97 Å². The lowest BCUT2D eigenvalue weighted by atomic mass is 9.88. The van der Waals surface area contributed by atoms with Crippen LogP contribution in [0.3, 0.4) is 0 Å². The number of amides is 1. The fourth-order valence-electron chi connectivity index (χ4n) is 5.06. The van der Waals surface area contributed by atoms with Gasteiger partial charge in [-0.1, -0.05) is 55.9 Å². The van der Waals surface area contributed by atoms with Crippen molar-refractivity contribution in [1.82, 2.24) is 14.8 Å². The highest BCUT2D eigenvalue weighted by atomic mass is 32.2. The fraction of sp³-hybridized carbons (Fsp3) is 0.379. The molecule has 3 heterocycles. The molecule has 1 unspecified atom stereocenters. The minimum absolute atomic E-state index is 0.152. The number of thiophene rings is 2. The molecule has 1 N–H and O–H groups in total. The molecular formula is C29H32N4O3S3. The standard InChI is InChI=1S/C29H32N4O3S3/c1-5-13-33-26(21-15-37-22-14-17(2)11-12-20(21)22)31-32-29(33)38-16-23(34)30-27-25(28(35)36-4)24(18(3)39-27)19-9-7-6-8-10-19/h6-10,15,17H,5,11-14,16H2,1-4H3,(H,30,34). The molecule has 39 heavy (non-hydrogen) atoms. The van der Waals surface area contributed by atoms with Gasteiger partial charge in [-0.05, 0) is 49.7 Å². The van der Waals surface area contributed by atoms with Gasteiger partial charge in [0.05, 0.1) is 12.9 Å². The number of hydrogen-bond acceptors (Lipinski definition) is 8. The Balaban J connectivity index is 1.35. The first-order valence-electron chi connectivity index (χ1n) is 13.1. The van der Waals surface area contributed by atoms with Crippen molar-refractivity contribution in [3.05, 3.63) is 56.6 Å². The molecule has 4 aromatic rings. The maximum Gasteiger partial charge on any atom is 0.341 e. The summed E-state index contributed by atoms with van der Waals surface area (Å²) >= 11 is 4.57. The van der Waals surface area contributed by atoms with Crippen LogP contribution in [-0.2, 0) is 28.9 Å². The summed E-state index contributed by atoms with van der Waals surface area (Å²) in [5, 5.41) is 15.5. The molecule has 5 rings (SSSR count). The second kappa shape index (κ2) is 12.1. The minimum atomic E-state index is -0.470. The number of thioether (sulfide) groups is 1. The Kier molecular flexibility index (Phi) is 8.54. The van der Waals surface area contributed by atoms with Gasteiger partial charge in [-0.15, -0.1) is 32.9 Å². The number of nitrogens with zero attached hydrogens (tertiary/aromatic N) is 3. The molecule has 1 amide bonds. The lowest BCUT2D eigenvalue weighted by molar-refractivity contribution is -0.113. The topological polar surface area (TPSA) is 86.1 Å². The molecule has 0 saturated carbocycles. The molecule has 3 aromatic heterocycles. The molecule has 1 aliphatic carbocycles. The Morgan fingerprint density at radius 2 is 2.03 bits per heavy atom. The van der Waals surface area contributed by atoms with Crippen molar-refractivity contribution in [3.8, 4) is 22.5 Å². The van der Waals surface area contributed by atoms with Crippen molar-refractivity contribution in [1.29, 1.82) is 0 Å². The van der Waals surface area contributed by atoms with E-state index in [1.165, 1.54) is 52.6 Å². The van der Waals surface area contributed by atoms with E-state index in [9.17, 15) is 9.59 Å². The van der Waals surface area contributed by atoms with E-state index in [1.54, 1.807) is 0 Å². The van der Waals surface area contributed by atoms with Gasteiger partial charge in [-0.3, -0.25) is 4.79 Å². The van der Waals surface area contributed by atoms with E-state index in [1.807, 2.05) is 48.6 Å². The summed E-state index contributed by atoms with van der Waals surface area (Å²) in [6.45, 7) is 7.18. The Morgan fingerprint density at radius 1 is 1.23 bits per heavy atom. The normalized spacial score (nSPS) is 14.7. The van der Waals surface area contributed by atoms with Gasteiger partial charge in [0, 0.05) is 32.8 Å². The van der Waals surface area contributed by atoms with Gasteiger partial charge < -0.3 is 14.6 Å². The lowest BCUT2D eigenvalue weighted by Gasteiger charge is -2.19. The average Bonchev–Trinajstić information content (AvgIpc) is 3.62. The molecule has 1 atom stereocenters. The number of fused-ring (bicyclic) bond motifs is 1. The molecule has 1 aliphatic rings. The summed E-state index contributed by atoms with van der Waals surface area (Å²) in [7, 11) is 1.36. The molecular weight excluding hydrogens is 549 g/mol.